The van der Waals surface area contributed by atoms with Crippen LogP contribution in [0.2, 0.25) is 0 Å². The molecule has 4 rings (SSSR count). The summed E-state index contributed by atoms with van der Waals surface area (Å²) in [4.78, 5) is 15.6. The van der Waals surface area contributed by atoms with Gasteiger partial charge in [0.2, 0.25) is 0 Å². The van der Waals surface area contributed by atoms with E-state index < -0.39 is 5.97 Å². The molecular formula is C17H19N5O2S. The first-order valence-electron chi connectivity index (χ1n) is 8.25. The Morgan fingerprint density at radius 3 is 3.04 bits per heavy atom. The van der Waals surface area contributed by atoms with Gasteiger partial charge < -0.3 is 5.11 Å². The minimum Gasteiger partial charge on any atom is -0.481 e. The van der Waals surface area contributed by atoms with Gasteiger partial charge in [0.05, 0.1) is 34.9 Å². The van der Waals surface area contributed by atoms with Crippen LogP contribution in [0.15, 0.2) is 30.5 Å². The van der Waals surface area contributed by atoms with E-state index in [1.807, 2.05) is 16.8 Å². The molecule has 2 N–H and O–H groups in total. The molecule has 130 valence electrons. The molecule has 0 radical (unpaired) electrons. The van der Waals surface area contributed by atoms with Gasteiger partial charge in [0.1, 0.15) is 0 Å². The summed E-state index contributed by atoms with van der Waals surface area (Å²) in [7, 11) is 0. The summed E-state index contributed by atoms with van der Waals surface area (Å²) in [6, 6.07) is 8.32. The van der Waals surface area contributed by atoms with Crippen molar-refractivity contribution in [3.8, 4) is 10.6 Å². The van der Waals surface area contributed by atoms with Crippen molar-refractivity contribution >= 4 is 17.3 Å². The number of nitrogens with zero attached hydrogens (tertiary/aromatic N) is 4. The molecule has 0 aliphatic carbocycles. The SMILES string of the molecule is O=C(O)CCc1cc2n(n1)CCN(Cc1ccc(-c3ccn[nH]3)s1)C2. The van der Waals surface area contributed by atoms with E-state index in [4.69, 9.17) is 5.11 Å². The lowest BCUT2D eigenvalue weighted by Gasteiger charge is -2.26. The molecule has 3 aromatic heterocycles. The van der Waals surface area contributed by atoms with Crippen molar-refractivity contribution in [3.63, 3.8) is 0 Å². The zero-order chi connectivity index (χ0) is 17.2. The summed E-state index contributed by atoms with van der Waals surface area (Å²) in [5.41, 5.74) is 3.09. The van der Waals surface area contributed by atoms with Gasteiger partial charge in [-0.3, -0.25) is 19.5 Å². The van der Waals surface area contributed by atoms with E-state index in [1.54, 1.807) is 17.5 Å². The second-order valence-corrected chi connectivity index (χ2v) is 7.36. The van der Waals surface area contributed by atoms with Crippen LogP contribution in [-0.2, 0) is 30.8 Å². The van der Waals surface area contributed by atoms with E-state index in [1.165, 1.54) is 9.75 Å². The quantitative estimate of drug-likeness (QED) is 0.707. The number of hydrogen-bond donors (Lipinski definition) is 2. The topological polar surface area (TPSA) is 87.0 Å². The van der Waals surface area contributed by atoms with Crippen molar-refractivity contribution in [1.29, 1.82) is 0 Å². The van der Waals surface area contributed by atoms with Gasteiger partial charge in [0.25, 0.3) is 0 Å². The van der Waals surface area contributed by atoms with Crippen LogP contribution >= 0.6 is 11.3 Å². The Labute approximate surface area is 148 Å². The number of fused-ring (bicyclic) bond motifs is 1. The minimum absolute atomic E-state index is 0.131. The lowest BCUT2D eigenvalue weighted by atomic mass is 10.2. The van der Waals surface area contributed by atoms with Crippen molar-refractivity contribution in [1.82, 2.24) is 24.9 Å². The maximum atomic E-state index is 10.7. The van der Waals surface area contributed by atoms with E-state index in [0.29, 0.717) is 6.42 Å². The Hall–Kier alpha value is -2.45. The number of aryl methyl sites for hydroxylation is 1. The fraction of sp³-hybridized carbons (Fsp3) is 0.353. The van der Waals surface area contributed by atoms with Crippen molar-refractivity contribution < 1.29 is 9.90 Å². The third kappa shape index (κ3) is 3.64. The van der Waals surface area contributed by atoms with Crippen molar-refractivity contribution in [2.75, 3.05) is 6.54 Å². The maximum absolute atomic E-state index is 10.7. The Morgan fingerprint density at radius 2 is 2.24 bits per heavy atom. The number of carboxylic acids is 1. The van der Waals surface area contributed by atoms with Gasteiger partial charge in [-0.05, 0) is 24.3 Å². The molecular weight excluding hydrogens is 338 g/mol. The highest BCUT2D eigenvalue weighted by Gasteiger charge is 2.19. The Bertz CT molecular complexity index is 868. The number of H-pyrrole nitrogens is 1. The van der Waals surface area contributed by atoms with Crippen LogP contribution in [0, 0.1) is 0 Å². The molecule has 3 aromatic rings. The van der Waals surface area contributed by atoms with Gasteiger partial charge >= 0.3 is 5.97 Å². The van der Waals surface area contributed by atoms with Crippen LogP contribution in [0.4, 0.5) is 0 Å². The molecule has 0 spiro atoms. The lowest BCUT2D eigenvalue weighted by Crippen LogP contribution is -2.33. The highest BCUT2D eigenvalue weighted by molar-refractivity contribution is 7.15. The van der Waals surface area contributed by atoms with Gasteiger partial charge in [-0.15, -0.1) is 11.3 Å². The highest BCUT2D eigenvalue weighted by atomic mass is 32.1. The molecule has 0 saturated carbocycles. The summed E-state index contributed by atoms with van der Waals surface area (Å²) in [5.74, 6) is -0.779. The first-order valence-corrected chi connectivity index (χ1v) is 9.07. The van der Waals surface area contributed by atoms with E-state index in [0.717, 1.165) is 43.3 Å². The number of hydrogen-bond acceptors (Lipinski definition) is 5. The molecule has 0 atom stereocenters. The molecule has 25 heavy (non-hydrogen) atoms. The van der Waals surface area contributed by atoms with Crippen molar-refractivity contribution in [2.45, 2.75) is 32.5 Å². The molecule has 1 aliphatic heterocycles. The van der Waals surface area contributed by atoms with Crippen LogP contribution in [0.3, 0.4) is 0 Å². The maximum Gasteiger partial charge on any atom is 0.303 e. The zero-order valence-corrected chi connectivity index (χ0v) is 14.5. The third-order valence-corrected chi connectivity index (χ3v) is 5.43. The zero-order valence-electron chi connectivity index (χ0n) is 13.7. The summed E-state index contributed by atoms with van der Waals surface area (Å²) >= 11 is 1.78. The van der Waals surface area contributed by atoms with Crippen LogP contribution < -0.4 is 0 Å². The number of rotatable bonds is 6. The fourth-order valence-electron chi connectivity index (χ4n) is 3.09. The fourth-order valence-corrected chi connectivity index (χ4v) is 4.12. The van der Waals surface area contributed by atoms with Gasteiger partial charge in [0, 0.05) is 37.1 Å². The predicted molar refractivity (Wildman–Crippen MR) is 94.2 cm³/mol. The van der Waals surface area contributed by atoms with Gasteiger partial charge in [-0.1, -0.05) is 0 Å². The summed E-state index contributed by atoms with van der Waals surface area (Å²) in [6.07, 6.45) is 2.39. The van der Waals surface area contributed by atoms with E-state index in [2.05, 4.69) is 32.3 Å². The standard InChI is InChI=1S/C17H19N5O2S/c23-17(24)4-1-12-9-13-10-21(7-8-22(13)20-12)11-14-2-3-16(25-14)15-5-6-18-19-15/h2-3,5-6,9H,1,4,7-8,10-11H2,(H,18,19)(H,23,24). The number of aromatic amines is 1. The van der Waals surface area contributed by atoms with Gasteiger partial charge in [-0.2, -0.15) is 10.2 Å². The van der Waals surface area contributed by atoms with Gasteiger partial charge in [-0.25, -0.2) is 0 Å². The molecule has 7 nitrogen and oxygen atoms in total. The second kappa shape index (κ2) is 6.81. The normalized spacial score (nSPS) is 14.6. The molecule has 0 fully saturated rings. The molecule has 0 aromatic carbocycles. The number of carbonyl (C=O) groups is 1. The monoisotopic (exact) mass is 357 g/mol. The van der Waals surface area contributed by atoms with E-state index in [-0.39, 0.29) is 6.42 Å². The lowest BCUT2D eigenvalue weighted by molar-refractivity contribution is -0.136. The van der Waals surface area contributed by atoms with Crippen LogP contribution in [0.1, 0.15) is 22.7 Å². The molecule has 4 heterocycles. The molecule has 0 amide bonds. The Balaban J connectivity index is 1.40. The van der Waals surface area contributed by atoms with Crippen molar-refractivity contribution in [3.05, 3.63) is 46.7 Å². The predicted octanol–water partition coefficient (Wildman–Crippen LogP) is 2.37. The minimum atomic E-state index is -0.779. The van der Waals surface area contributed by atoms with E-state index >= 15 is 0 Å². The average molecular weight is 357 g/mol. The summed E-state index contributed by atoms with van der Waals surface area (Å²) in [6.45, 7) is 3.55. The highest BCUT2D eigenvalue weighted by Crippen LogP contribution is 2.28. The molecule has 8 heteroatoms. The number of nitrogens with one attached hydrogen (secondary N) is 1. The number of carboxylic acid groups (broad SMARTS) is 1. The van der Waals surface area contributed by atoms with Crippen LogP contribution in [0.5, 0.6) is 0 Å². The summed E-state index contributed by atoms with van der Waals surface area (Å²) in [5, 5.41) is 20.3. The first-order chi connectivity index (χ1) is 12.2. The van der Waals surface area contributed by atoms with E-state index in [9.17, 15) is 4.79 Å². The third-order valence-electron chi connectivity index (χ3n) is 4.33. The number of thiophene rings is 1. The molecule has 0 saturated heterocycles. The molecule has 0 bridgehead atoms. The van der Waals surface area contributed by atoms with Gasteiger partial charge in [0.15, 0.2) is 0 Å². The number of aromatic nitrogens is 4. The second-order valence-electron chi connectivity index (χ2n) is 6.19. The van der Waals surface area contributed by atoms with Crippen molar-refractivity contribution in [2.24, 2.45) is 0 Å². The van der Waals surface area contributed by atoms with Crippen LogP contribution in [0.25, 0.3) is 10.6 Å². The average Bonchev–Trinajstić information content (AvgIpc) is 3.32. The van der Waals surface area contributed by atoms with Crippen LogP contribution in [-0.4, -0.2) is 42.5 Å². The molecule has 0 unspecified atom stereocenters. The molecule has 1 aliphatic rings. The Kier molecular flexibility index (Phi) is 4.37. The largest absolute Gasteiger partial charge is 0.481 e. The summed E-state index contributed by atoms with van der Waals surface area (Å²) < 4.78 is 2.01. The smallest absolute Gasteiger partial charge is 0.303 e. The Morgan fingerprint density at radius 1 is 1.32 bits per heavy atom. The first kappa shape index (κ1) is 16.0. The number of aliphatic carboxylic acids is 1.